The molecular formula is C16H13BrClF3. The van der Waals surface area contributed by atoms with Gasteiger partial charge in [-0.15, -0.1) is 11.6 Å². The van der Waals surface area contributed by atoms with Crippen molar-refractivity contribution in [3.8, 4) is 0 Å². The lowest BCUT2D eigenvalue weighted by molar-refractivity contribution is -0.137. The van der Waals surface area contributed by atoms with Crippen molar-refractivity contribution in [3.63, 3.8) is 0 Å². The molecule has 0 fully saturated rings. The van der Waals surface area contributed by atoms with Crippen LogP contribution in [0, 0.1) is 6.92 Å². The number of hydrogen-bond acceptors (Lipinski definition) is 0. The summed E-state index contributed by atoms with van der Waals surface area (Å²) in [5.74, 6) is 0. The standard InChI is InChI=1S/C16H13BrClF3/c1-10-8-13(17)6-7-14(10)15(18)9-11-2-4-12(5-3-11)16(19,20)21/h2-8,15H,9H2,1H3. The van der Waals surface area contributed by atoms with Gasteiger partial charge in [0.15, 0.2) is 0 Å². The Morgan fingerprint density at radius 2 is 1.71 bits per heavy atom. The van der Waals surface area contributed by atoms with E-state index in [1.165, 1.54) is 12.1 Å². The van der Waals surface area contributed by atoms with Crippen LogP contribution in [0.1, 0.15) is 27.6 Å². The van der Waals surface area contributed by atoms with E-state index in [0.717, 1.165) is 33.3 Å². The first kappa shape index (κ1) is 16.4. The van der Waals surface area contributed by atoms with Crippen molar-refractivity contribution in [2.75, 3.05) is 0 Å². The molecule has 0 heterocycles. The number of alkyl halides is 4. The normalized spacial score (nSPS) is 13.2. The lowest BCUT2D eigenvalue weighted by atomic mass is 9.99. The Morgan fingerprint density at radius 1 is 1.10 bits per heavy atom. The summed E-state index contributed by atoms with van der Waals surface area (Å²) in [7, 11) is 0. The molecular weight excluding hydrogens is 365 g/mol. The average molecular weight is 378 g/mol. The van der Waals surface area contributed by atoms with E-state index in [-0.39, 0.29) is 5.38 Å². The highest BCUT2D eigenvalue weighted by molar-refractivity contribution is 9.10. The van der Waals surface area contributed by atoms with Gasteiger partial charge in [-0.3, -0.25) is 0 Å². The molecule has 1 atom stereocenters. The molecule has 0 radical (unpaired) electrons. The van der Waals surface area contributed by atoms with Crippen molar-refractivity contribution in [3.05, 3.63) is 69.2 Å². The van der Waals surface area contributed by atoms with Gasteiger partial charge in [0, 0.05) is 4.47 Å². The molecule has 112 valence electrons. The average Bonchev–Trinajstić information content (AvgIpc) is 2.38. The molecule has 0 aliphatic carbocycles. The zero-order valence-electron chi connectivity index (χ0n) is 11.2. The van der Waals surface area contributed by atoms with Crippen LogP contribution < -0.4 is 0 Å². The molecule has 0 aliphatic rings. The van der Waals surface area contributed by atoms with E-state index in [0.29, 0.717) is 6.42 Å². The number of hydrogen-bond donors (Lipinski definition) is 0. The summed E-state index contributed by atoms with van der Waals surface area (Å²) in [6, 6.07) is 10.9. The first-order valence-electron chi connectivity index (χ1n) is 6.33. The molecule has 2 rings (SSSR count). The summed E-state index contributed by atoms with van der Waals surface area (Å²) in [6.07, 6.45) is -3.82. The summed E-state index contributed by atoms with van der Waals surface area (Å²) in [5.41, 5.74) is 2.18. The summed E-state index contributed by atoms with van der Waals surface area (Å²) in [6.45, 7) is 1.96. The van der Waals surface area contributed by atoms with E-state index in [4.69, 9.17) is 11.6 Å². The number of aryl methyl sites for hydroxylation is 1. The second-order valence-corrected chi connectivity index (χ2v) is 6.31. The molecule has 5 heteroatoms. The Hall–Kier alpha value is -1.00. The highest BCUT2D eigenvalue weighted by Gasteiger charge is 2.30. The van der Waals surface area contributed by atoms with Crippen molar-refractivity contribution in [2.24, 2.45) is 0 Å². The quantitative estimate of drug-likeness (QED) is 0.551. The van der Waals surface area contributed by atoms with Gasteiger partial charge in [0.1, 0.15) is 0 Å². The van der Waals surface area contributed by atoms with Gasteiger partial charge >= 0.3 is 6.18 Å². The zero-order chi connectivity index (χ0) is 15.6. The second-order valence-electron chi connectivity index (χ2n) is 4.87. The van der Waals surface area contributed by atoms with Crippen molar-refractivity contribution in [1.82, 2.24) is 0 Å². The predicted molar refractivity (Wildman–Crippen MR) is 82.6 cm³/mol. The molecule has 0 saturated heterocycles. The van der Waals surface area contributed by atoms with Gasteiger partial charge in [0.2, 0.25) is 0 Å². The van der Waals surface area contributed by atoms with Crippen LogP contribution in [0.2, 0.25) is 0 Å². The maximum absolute atomic E-state index is 12.5. The molecule has 0 spiro atoms. The van der Waals surface area contributed by atoms with Crippen LogP contribution in [-0.2, 0) is 12.6 Å². The monoisotopic (exact) mass is 376 g/mol. The zero-order valence-corrected chi connectivity index (χ0v) is 13.6. The largest absolute Gasteiger partial charge is 0.416 e. The molecule has 0 aliphatic heterocycles. The maximum Gasteiger partial charge on any atom is 0.416 e. The van der Waals surface area contributed by atoms with E-state index in [1.807, 2.05) is 25.1 Å². The van der Waals surface area contributed by atoms with Crippen LogP contribution in [0.4, 0.5) is 13.2 Å². The molecule has 0 saturated carbocycles. The van der Waals surface area contributed by atoms with Crippen molar-refractivity contribution < 1.29 is 13.2 Å². The van der Waals surface area contributed by atoms with Crippen LogP contribution in [0.5, 0.6) is 0 Å². The first-order valence-corrected chi connectivity index (χ1v) is 7.56. The Balaban J connectivity index is 2.14. The van der Waals surface area contributed by atoms with Crippen LogP contribution in [0.25, 0.3) is 0 Å². The van der Waals surface area contributed by atoms with Crippen LogP contribution in [-0.4, -0.2) is 0 Å². The van der Waals surface area contributed by atoms with E-state index in [1.54, 1.807) is 0 Å². The Morgan fingerprint density at radius 3 is 2.24 bits per heavy atom. The molecule has 0 N–H and O–H groups in total. The molecule has 2 aromatic carbocycles. The minimum Gasteiger partial charge on any atom is -0.166 e. The highest BCUT2D eigenvalue weighted by atomic mass is 79.9. The van der Waals surface area contributed by atoms with Gasteiger partial charge < -0.3 is 0 Å². The lowest BCUT2D eigenvalue weighted by Crippen LogP contribution is -2.05. The fourth-order valence-electron chi connectivity index (χ4n) is 2.14. The van der Waals surface area contributed by atoms with Gasteiger partial charge in [-0.2, -0.15) is 13.2 Å². The third-order valence-corrected chi connectivity index (χ3v) is 4.15. The summed E-state index contributed by atoms with van der Waals surface area (Å²) in [4.78, 5) is 0. The van der Waals surface area contributed by atoms with Crippen molar-refractivity contribution >= 4 is 27.5 Å². The molecule has 0 aromatic heterocycles. The van der Waals surface area contributed by atoms with Gasteiger partial charge in [-0.25, -0.2) is 0 Å². The van der Waals surface area contributed by atoms with Gasteiger partial charge in [0.25, 0.3) is 0 Å². The van der Waals surface area contributed by atoms with Crippen molar-refractivity contribution in [1.29, 1.82) is 0 Å². The number of benzene rings is 2. The van der Waals surface area contributed by atoms with Crippen molar-refractivity contribution in [2.45, 2.75) is 24.9 Å². The Labute approximate surface area is 135 Å². The van der Waals surface area contributed by atoms with E-state index in [9.17, 15) is 13.2 Å². The third kappa shape index (κ3) is 4.24. The van der Waals surface area contributed by atoms with Gasteiger partial charge in [-0.1, -0.05) is 34.1 Å². The number of rotatable bonds is 3. The lowest BCUT2D eigenvalue weighted by Gasteiger charge is -2.14. The fourth-order valence-corrected chi connectivity index (χ4v) is 3.04. The molecule has 0 nitrogen and oxygen atoms in total. The first-order chi connectivity index (χ1) is 9.77. The SMILES string of the molecule is Cc1cc(Br)ccc1C(Cl)Cc1ccc(C(F)(F)F)cc1. The van der Waals surface area contributed by atoms with Gasteiger partial charge in [-0.05, 0) is 54.3 Å². The topological polar surface area (TPSA) is 0 Å². The summed E-state index contributed by atoms with van der Waals surface area (Å²) >= 11 is 9.78. The van der Waals surface area contributed by atoms with E-state index < -0.39 is 11.7 Å². The van der Waals surface area contributed by atoms with Crippen LogP contribution >= 0.6 is 27.5 Å². The fraction of sp³-hybridized carbons (Fsp3) is 0.250. The molecule has 21 heavy (non-hydrogen) atoms. The molecule has 0 bridgehead atoms. The van der Waals surface area contributed by atoms with Crippen LogP contribution in [0.15, 0.2) is 46.9 Å². The molecule has 2 aromatic rings. The Bertz CT molecular complexity index is 620. The smallest absolute Gasteiger partial charge is 0.166 e. The molecule has 0 amide bonds. The van der Waals surface area contributed by atoms with E-state index >= 15 is 0 Å². The Kier molecular flexibility index (Phi) is 4.99. The second kappa shape index (κ2) is 6.41. The molecule has 1 unspecified atom stereocenters. The van der Waals surface area contributed by atoms with Crippen LogP contribution in [0.3, 0.4) is 0 Å². The van der Waals surface area contributed by atoms with Gasteiger partial charge in [0.05, 0.1) is 10.9 Å². The number of halogens is 5. The predicted octanol–water partition coefficient (Wildman–Crippen LogP) is 6.30. The third-order valence-electron chi connectivity index (χ3n) is 3.27. The summed E-state index contributed by atoms with van der Waals surface area (Å²) in [5, 5.41) is -0.269. The maximum atomic E-state index is 12.5. The summed E-state index contributed by atoms with van der Waals surface area (Å²) < 4.78 is 38.5. The minimum absolute atomic E-state index is 0.269. The van der Waals surface area contributed by atoms with E-state index in [2.05, 4.69) is 15.9 Å². The highest BCUT2D eigenvalue weighted by Crippen LogP contribution is 2.32. The minimum atomic E-state index is -4.30.